The normalized spacial score (nSPS) is 10.5. The summed E-state index contributed by atoms with van der Waals surface area (Å²) in [6.45, 7) is 9.16. The molecule has 0 radical (unpaired) electrons. The average molecular weight is 316 g/mol. The zero-order valence-electron chi connectivity index (χ0n) is 13.7. The number of quaternary nitrogens is 1. The van der Waals surface area contributed by atoms with Gasteiger partial charge in [0.15, 0.2) is 0 Å². The molecule has 2 rings (SSSR count). The monoisotopic (exact) mass is 316 g/mol. The van der Waals surface area contributed by atoms with Gasteiger partial charge in [-0.05, 0) is 13.8 Å². The highest BCUT2D eigenvalue weighted by atomic mass is 16.9. The molecule has 0 bridgehead atoms. The first-order valence-corrected chi connectivity index (χ1v) is 7.76. The molecule has 0 aliphatic heterocycles. The van der Waals surface area contributed by atoms with E-state index >= 15 is 0 Å². The molecular weight excluding hydrogens is 292 g/mol. The van der Waals surface area contributed by atoms with Crippen molar-refractivity contribution in [3.63, 3.8) is 0 Å². The van der Waals surface area contributed by atoms with Crippen LogP contribution in [0.2, 0.25) is 0 Å². The van der Waals surface area contributed by atoms with Gasteiger partial charge < -0.3 is 19.8 Å². The molecule has 0 aliphatic carbocycles. The highest BCUT2D eigenvalue weighted by Crippen LogP contribution is 2.19. The smallest absolute Gasteiger partial charge is 0.105 e. The minimum atomic E-state index is -1.75. The topological polar surface area (TPSA) is 66.2 Å². The van der Waals surface area contributed by atoms with Gasteiger partial charge in [-0.15, -0.1) is 0 Å². The van der Waals surface area contributed by atoms with Crippen LogP contribution in [-0.4, -0.2) is 22.7 Å². The van der Waals surface area contributed by atoms with Crippen LogP contribution in [0.3, 0.4) is 0 Å². The van der Waals surface area contributed by atoms with E-state index in [-0.39, 0.29) is 0 Å². The Balaban J connectivity index is 0.000000593. The van der Waals surface area contributed by atoms with Gasteiger partial charge in [-0.3, -0.25) is 0 Å². The highest BCUT2D eigenvalue weighted by molar-refractivity contribution is 5.15. The van der Waals surface area contributed by atoms with Crippen LogP contribution in [0.1, 0.15) is 25.0 Å². The zero-order chi connectivity index (χ0) is 17.1. The molecule has 0 saturated carbocycles. The van der Waals surface area contributed by atoms with Crippen LogP contribution in [0.4, 0.5) is 0 Å². The predicted octanol–water partition coefficient (Wildman–Crippen LogP) is 4.00. The molecule has 2 aromatic rings. The van der Waals surface area contributed by atoms with Crippen LogP contribution in [0.5, 0.6) is 0 Å². The van der Waals surface area contributed by atoms with Crippen molar-refractivity contribution in [2.75, 3.05) is 13.1 Å². The molecule has 0 heterocycles. The Morgan fingerprint density at radius 3 is 1.35 bits per heavy atom. The fourth-order valence-electron chi connectivity index (χ4n) is 2.67. The Labute approximate surface area is 137 Å². The van der Waals surface area contributed by atoms with E-state index in [1.807, 2.05) is 0 Å². The van der Waals surface area contributed by atoms with Crippen LogP contribution in [0.25, 0.3) is 0 Å². The van der Waals surface area contributed by atoms with Gasteiger partial charge in [0.2, 0.25) is 0 Å². The van der Waals surface area contributed by atoms with Gasteiger partial charge in [0.05, 0.1) is 18.2 Å². The van der Waals surface area contributed by atoms with Gasteiger partial charge in [-0.1, -0.05) is 60.7 Å². The average Bonchev–Trinajstić information content (AvgIpc) is 2.55. The Bertz CT molecular complexity index is 522. The second-order valence-corrected chi connectivity index (χ2v) is 5.49. The number of hydrogen-bond donors (Lipinski definition) is 0. The second kappa shape index (κ2) is 9.58. The molecule has 0 aromatic heterocycles. The Hall–Kier alpha value is -2.40. The Morgan fingerprint density at radius 2 is 1.09 bits per heavy atom. The van der Waals surface area contributed by atoms with Crippen molar-refractivity contribution >= 4 is 0 Å². The van der Waals surface area contributed by atoms with Gasteiger partial charge in [0, 0.05) is 11.1 Å². The molecule has 0 amide bonds. The van der Waals surface area contributed by atoms with Gasteiger partial charge in [0.1, 0.15) is 13.1 Å². The fourth-order valence-corrected chi connectivity index (χ4v) is 2.67. The van der Waals surface area contributed by atoms with Crippen LogP contribution in [0, 0.1) is 15.3 Å². The molecule has 5 heteroatoms. The van der Waals surface area contributed by atoms with E-state index in [0.717, 1.165) is 17.6 Å². The maximum Gasteiger partial charge on any atom is 0.105 e. The fraction of sp³-hybridized carbons (Fsp3) is 0.333. The molecule has 5 nitrogen and oxygen atoms in total. The van der Waals surface area contributed by atoms with Crippen LogP contribution in [0.15, 0.2) is 60.7 Å². The number of benzene rings is 2. The summed E-state index contributed by atoms with van der Waals surface area (Å²) in [5.41, 5.74) is 2.87. The Morgan fingerprint density at radius 1 is 0.783 bits per heavy atom. The quantitative estimate of drug-likeness (QED) is 0.459. The van der Waals surface area contributed by atoms with Crippen molar-refractivity contribution < 1.29 is 9.57 Å². The first-order chi connectivity index (χ1) is 11.0. The molecule has 23 heavy (non-hydrogen) atoms. The summed E-state index contributed by atoms with van der Waals surface area (Å²) in [7, 11) is 0. The summed E-state index contributed by atoms with van der Waals surface area (Å²) in [4.78, 5) is 8.25. The van der Waals surface area contributed by atoms with Crippen molar-refractivity contribution in [1.29, 1.82) is 0 Å². The summed E-state index contributed by atoms with van der Waals surface area (Å²) in [6.07, 6.45) is 0. The maximum absolute atomic E-state index is 8.25. The first kappa shape index (κ1) is 18.6. The maximum atomic E-state index is 8.25. The van der Waals surface area contributed by atoms with E-state index in [1.165, 1.54) is 24.2 Å². The number of nitrogens with zero attached hydrogens (tertiary/aromatic N) is 2. The first-order valence-electron chi connectivity index (χ1n) is 7.76. The van der Waals surface area contributed by atoms with Crippen molar-refractivity contribution in [2.45, 2.75) is 26.9 Å². The minimum Gasteiger partial charge on any atom is -0.356 e. The van der Waals surface area contributed by atoms with E-state index in [9.17, 15) is 0 Å². The van der Waals surface area contributed by atoms with E-state index in [0.29, 0.717) is 0 Å². The van der Waals surface area contributed by atoms with E-state index in [2.05, 4.69) is 74.5 Å². The second-order valence-electron chi connectivity index (χ2n) is 5.49. The summed E-state index contributed by atoms with van der Waals surface area (Å²) in [6, 6.07) is 21.7. The third kappa shape index (κ3) is 6.93. The third-order valence-electron chi connectivity index (χ3n) is 4.06. The molecule has 0 atom stereocenters. The standard InChI is InChI=1S/C18H24N.NO3/c1-3-19(4-2,15-17-11-7-5-8-12-17)16-18-13-9-6-10-14-18;2-1(3)4/h5-14H,3-4,15-16H2,1-2H3;/q+1;-1. The molecule has 0 aliphatic rings. The van der Waals surface area contributed by atoms with Crippen LogP contribution < -0.4 is 0 Å². The number of rotatable bonds is 6. The van der Waals surface area contributed by atoms with Gasteiger partial charge >= 0.3 is 0 Å². The van der Waals surface area contributed by atoms with Crippen molar-refractivity contribution in [2.24, 2.45) is 0 Å². The van der Waals surface area contributed by atoms with E-state index in [1.54, 1.807) is 0 Å². The lowest BCUT2D eigenvalue weighted by Gasteiger charge is -2.37. The molecule has 124 valence electrons. The lowest BCUT2D eigenvalue weighted by Crippen LogP contribution is -2.46. The summed E-state index contributed by atoms with van der Waals surface area (Å²) < 4.78 is 1.12. The van der Waals surface area contributed by atoms with Crippen molar-refractivity contribution in [1.82, 2.24) is 0 Å². The van der Waals surface area contributed by atoms with Crippen LogP contribution in [-0.2, 0) is 13.1 Å². The molecule has 0 N–H and O–H groups in total. The highest BCUT2D eigenvalue weighted by Gasteiger charge is 2.23. The summed E-state index contributed by atoms with van der Waals surface area (Å²) in [5, 5.41) is 14.8. The molecule has 0 saturated heterocycles. The van der Waals surface area contributed by atoms with Gasteiger partial charge in [-0.25, -0.2) is 0 Å². The molecule has 0 fully saturated rings. The molecular formula is C18H24N2O3. The summed E-state index contributed by atoms with van der Waals surface area (Å²) in [5.74, 6) is 0. The van der Waals surface area contributed by atoms with E-state index in [4.69, 9.17) is 15.3 Å². The van der Waals surface area contributed by atoms with Crippen LogP contribution >= 0.6 is 0 Å². The van der Waals surface area contributed by atoms with Gasteiger partial charge in [0.25, 0.3) is 0 Å². The van der Waals surface area contributed by atoms with Crippen molar-refractivity contribution in [3.8, 4) is 0 Å². The third-order valence-corrected chi connectivity index (χ3v) is 4.06. The van der Waals surface area contributed by atoms with E-state index < -0.39 is 5.09 Å². The summed E-state index contributed by atoms with van der Waals surface area (Å²) >= 11 is 0. The Kier molecular flexibility index (Phi) is 7.77. The predicted molar refractivity (Wildman–Crippen MR) is 92.0 cm³/mol. The van der Waals surface area contributed by atoms with Crippen molar-refractivity contribution in [3.05, 3.63) is 87.1 Å². The molecule has 2 aromatic carbocycles. The largest absolute Gasteiger partial charge is 0.356 e. The minimum absolute atomic E-state index is 1.11. The SMILES string of the molecule is CC[N+](CC)(Cc1ccccc1)Cc1ccccc1.O=[N+]([O-])[O-]. The lowest BCUT2D eigenvalue weighted by molar-refractivity contribution is -0.950. The zero-order valence-corrected chi connectivity index (χ0v) is 13.7. The molecule has 0 unspecified atom stereocenters. The lowest BCUT2D eigenvalue weighted by atomic mass is 10.1. The van der Waals surface area contributed by atoms with Gasteiger partial charge in [-0.2, -0.15) is 0 Å². The molecule has 0 spiro atoms. The number of hydrogen-bond acceptors (Lipinski definition) is 3.